The smallest absolute Gasteiger partial charge is 0.407 e. The van der Waals surface area contributed by atoms with Gasteiger partial charge in [-0.3, -0.25) is 9.59 Å². The molecule has 1 aliphatic rings. The third-order valence-corrected chi connectivity index (χ3v) is 6.34. The van der Waals surface area contributed by atoms with Crippen LogP contribution in [0.15, 0.2) is 48.5 Å². The summed E-state index contributed by atoms with van der Waals surface area (Å²) in [5.74, 6) is -0.995. The van der Waals surface area contributed by atoms with Crippen molar-refractivity contribution in [1.82, 2.24) is 10.2 Å². The van der Waals surface area contributed by atoms with Crippen molar-refractivity contribution in [1.29, 1.82) is 0 Å². The molecule has 1 atom stereocenters. The zero-order valence-corrected chi connectivity index (χ0v) is 21.0. The van der Waals surface area contributed by atoms with Crippen LogP contribution in [0.1, 0.15) is 64.0 Å². The van der Waals surface area contributed by atoms with E-state index in [1.165, 1.54) is 0 Å². The van der Waals surface area contributed by atoms with E-state index in [1.54, 1.807) is 4.90 Å². The van der Waals surface area contributed by atoms with Gasteiger partial charge in [-0.1, -0.05) is 62.4 Å². The Balaban J connectivity index is 1.68. The van der Waals surface area contributed by atoms with E-state index in [-0.39, 0.29) is 36.8 Å². The largest absolute Gasteiger partial charge is 0.481 e. The molecule has 2 aromatic carbocycles. The number of fused-ring (bicyclic) bond motifs is 3. The molecular formula is C28H36N2O5. The number of carbonyl (C=O) groups excluding carboxylic acids is 2. The van der Waals surface area contributed by atoms with Gasteiger partial charge >= 0.3 is 12.1 Å². The van der Waals surface area contributed by atoms with Crippen molar-refractivity contribution in [3.8, 4) is 11.1 Å². The van der Waals surface area contributed by atoms with E-state index >= 15 is 0 Å². The van der Waals surface area contributed by atoms with E-state index in [0.717, 1.165) is 22.3 Å². The molecule has 35 heavy (non-hydrogen) atoms. The van der Waals surface area contributed by atoms with Crippen LogP contribution in [0, 0.1) is 5.92 Å². The number of rotatable bonds is 11. The number of carbonyl (C=O) groups is 3. The Morgan fingerprint density at radius 1 is 0.971 bits per heavy atom. The van der Waals surface area contributed by atoms with Crippen LogP contribution in [-0.4, -0.2) is 53.2 Å². The summed E-state index contributed by atoms with van der Waals surface area (Å²) in [5, 5.41) is 11.7. The van der Waals surface area contributed by atoms with Crippen molar-refractivity contribution in [3.63, 3.8) is 0 Å². The van der Waals surface area contributed by atoms with Gasteiger partial charge in [-0.25, -0.2) is 4.79 Å². The van der Waals surface area contributed by atoms with E-state index in [9.17, 15) is 14.4 Å². The fourth-order valence-electron chi connectivity index (χ4n) is 4.70. The maximum atomic E-state index is 13.3. The first kappa shape index (κ1) is 26.3. The van der Waals surface area contributed by atoms with Gasteiger partial charge in [0.25, 0.3) is 0 Å². The van der Waals surface area contributed by atoms with Gasteiger partial charge in [0.2, 0.25) is 5.91 Å². The van der Waals surface area contributed by atoms with Gasteiger partial charge in [0.1, 0.15) is 12.6 Å². The summed E-state index contributed by atoms with van der Waals surface area (Å²) in [6.07, 6.45) is 0.190. The van der Waals surface area contributed by atoms with E-state index in [4.69, 9.17) is 9.84 Å². The monoisotopic (exact) mass is 480 g/mol. The molecule has 2 N–H and O–H groups in total. The molecule has 2 amide bonds. The summed E-state index contributed by atoms with van der Waals surface area (Å²) in [4.78, 5) is 38.7. The first-order chi connectivity index (χ1) is 16.7. The first-order valence-electron chi connectivity index (χ1n) is 12.3. The average molecular weight is 481 g/mol. The van der Waals surface area contributed by atoms with Gasteiger partial charge in [-0.05, 0) is 54.9 Å². The predicted molar refractivity (Wildman–Crippen MR) is 135 cm³/mol. The zero-order chi connectivity index (χ0) is 25.5. The fraction of sp³-hybridized carbons (Fsp3) is 0.464. The molecule has 3 rings (SSSR count). The number of nitrogens with one attached hydrogen (secondary N) is 1. The number of carboxylic acids is 1. The molecule has 0 heterocycles. The predicted octanol–water partition coefficient (Wildman–Crippen LogP) is 5.04. The van der Waals surface area contributed by atoms with Gasteiger partial charge in [0.15, 0.2) is 0 Å². The van der Waals surface area contributed by atoms with Crippen molar-refractivity contribution < 1.29 is 24.2 Å². The number of benzene rings is 2. The van der Waals surface area contributed by atoms with Crippen LogP contribution in [-0.2, 0) is 14.3 Å². The zero-order valence-electron chi connectivity index (χ0n) is 21.0. The molecule has 188 valence electrons. The summed E-state index contributed by atoms with van der Waals surface area (Å²) in [6.45, 7) is 8.25. The van der Waals surface area contributed by atoms with Crippen molar-refractivity contribution in [2.24, 2.45) is 5.92 Å². The number of nitrogens with zero attached hydrogens (tertiary/aromatic N) is 1. The van der Waals surface area contributed by atoms with E-state index in [2.05, 4.69) is 29.6 Å². The van der Waals surface area contributed by atoms with Crippen LogP contribution in [0.4, 0.5) is 4.79 Å². The number of amides is 2. The lowest BCUT2D eigenvalue weighted by Crippen LogP contribution is -2.51. The van der Waals surface area contributed by atoms with Crippen LogP contribution in [0.5, 0.6) is 0 Å². The minimum Gasteiger partial charge on any atom is -0.481 e. The average Bonchev–Trinajstić information content (AvgIpc) is 3.13. The summed E-state index contributed by atoms with van der Waals surface area (Å²) in [6, 6.07) is 15.4. The van der Waals surface area contributed by atoms with Crippen LogP contribution >= 0.6 is 0 Å². The second-order valence-electron chi connectivity index (χ2n) is 9.77. The highest BCUT2D eigenvalue weighted by Gasteiger charge is 2.31. The topological polar surface area (TPSA) is 95.9 Å². The molecule has 1 aliphatic carbocycles. The molecule has 0 aromatic heterocycles. The molecule has 0 bridgehead atoms. The van der Waals surface area contributed by atoms with Gasteiger partial charge in [-0.2, -0.15) is 0 Å². The molecular weight excluding hydrogens is 444 g/mol. The Labute approximate surface area is 207 Å². The number of carboxylic acid groups (broad SMARTS) is 1. The van der Waals surface area contributed by atoms with Crippen LogP contribution < -0.4 is 5.32 Å². The highest BCUT2D eigenvalue weighted by molar-refractivity contribution is 5.86. The standard InChI is InChI=1S/C28H36N2O5/c1-18(2)16-25(27(33)30(19(3)4)15-9-14-26(31)32)29-28(34)35-17-24-22-12-7-5-10-20(22)21-11-6-8-13-23(21)24/h5-8,10-13,18-19,24-25H,9,14-17H2,1-4H3,(H,29,34)(H,31,32)/t25-/m1/s1. The summed E-state index contributed by atoms with van der Waals surface area (Å²) in [5.41, 5.74) is 4.55. The minimum atomic E-state index is -0.892. The van der Waals surface area contributed by atoms with Crippen LogP contribution in [0.25, 0.3) is 11.1 Å². The van der Waals surface area contributed by atoms with Crippen LogP contribution in [0.2, 0.25) is 0 Å². The quantitative estimate of drug-likeness (QED) is 0.470. The minimum absolute atomic E-state index is 0.00878. The Bertz CT molecular complexity index is 1000. The van der Waals surface area contributed by atoms with Gasteiger partial charge in [0.05, 0.1) is 0 Å². The third kappa shape index (κ3) is 6.62. The van der Waals surface area contributed by atoms with E-state index in [1.807, 2.05) is 52.0 Å². The summed E-state index contributed by atoms with van der Waals surface area (Å²) >= 11 is 0. The lowest BCUT2D eigenvalue weighted by Gasteiger charge is -2.31. The maximum Gasteiger partial charge on any atom is 0.407 e. The second kappa shape index (κ2) is 11.9. The highest BCUT2D eigenvalue weighted by atomic mass is 16.5. The lowest BCUT2D eigenvalue weighted by atomic mass is 9.98. The molecule has 0 radical (unpaired) electrons. The summed E-state index contributed by atoms with van der Waals surface area (Å²) < 4.78 is 5.66. The number of aliphatic carboxylic acids is 1. The molecule has 2 aromatic rings. The van der Waals surface area contributed by atoms with Crippen molar-refractivity contribution in [3.05, 3.63) is 59.7 Å². The second-order valence-corrected chi connectivity index (χ2v) is 9.77. The molecule has 0 saturated heterocycles. The summed E-state index contributed by atoms with van der Waals surface area (Å²) in [7, 11) is 0. The number of ether oxygens (including phenoxy) is 1. The first-order valence-corrected chi connectivity index (χ1v) is 12.3. The molecule has 0 aliphatic heterocycles. The third-order valence-electron chi connectivity index (χ3n) is 6.34. The van der Waals surface area contributed by atoms with Gasteiger partial charge in [-0.15, -0.1) is 0 Å². The maximum absolute atomic E-state index is 13.3. The molecule has 0 unspecified atom stereocenters. The Morgan fingerprint density at radius 3 is 2.06 bits per heavy atom. The van der Waals surface area contributed by atoms with Crippen molar-refractivity contribution >= 4 is 18.0 Å². The number of hydrogen-bond donors (Lipinski definition) is 2. The Kier molecular flexibility index (Phi) is 8.90. The fourth-order valence-corrected chi connectivity index (χ4v) is 4.70. The highest BCUT2D eigenvalue weighted by Crippen LogP contribution is 2.44. The van der Waals surface area contributed by atoms with Gasteiger partial charge < -0.3 is 20.1 Å². The molecule has 0 spiro atoms. The van der Waals surface area contributed by atoms with Crippen molar-refractivity contribution in [2.45, 2.75) is 65.0 Å². The normalized spacial score (nSPS) is 13.3. The van der Waals surface area contributed by atoms with E-state index < -0.39 is 18.1 Å². The van der Waals surface area contributed by atoms with Crippen molar-refractivity contribution in [2.75, 3.05) is 13.2 Å². The number of alkyl carbamates (subject to hydrolysis) is 1. The molecule has 0 saturated carbocycles. The van der Waals surface area contributed by atoms with Gasteiger partial charge in [0, 0.05) is 24.9 Å². The lowest BCUT2D eigenvalue weighted by molar-refractivity contribution is -0.139. The number of hydrogen-bond acceptors (Lipinski definition) is 4. The Morgan fingerprint density at radius 2 is 1.54 bits per heavy atom. The molecule has 7 nitrogen and oxygen atoms in total. The molecule has 0 fully saturated rings. The SMILES string of the molecule is CC(C)C[C@@H](NC(=O)OCC1c2ccccc2-c2ccccc21)C(=O)N(CCCC(=O)O)C(C)C. The van der Waals surface area contributed by atoms with Crippen LogP contribution in [0.3, 0.4) is 0 Å². The van der Waals surface area contributed by atoms with E-state index in [0.29, 0.717) is 19.4 Å². The Hall–Kier alpha value is -3.35. The molecule has 7 heteroatoms.